The van der Waals surface area contributed by atoms with Gasteiger partial charge in [-0.15, -0.1) is 0 Å². The molecule has 0 aliphatic carbocycles. The Hall–Kier alpha value is -8.14. The molecule has 0 unspecified atom stereocenters. The standard InChI is InChI=1S/C58H40N2O/c1-4-14-41(15-5-1)43-24-30-48(31-25-43)60(49-32-26-44(27-33-49)42-16-6-2-7-17-42)56-38-37-51(52-20-10-11-21-53(52)56)45-28-34-47(35-29-45)59(46-18-8-3-9-19-46)50-36-39-58-55(40-50)54-22-12-13-23-57(54)61-58/h1-40H. The first kappa shape index (κ1) is 36.0. The van der Waals surface area contributed by atoms with Crippen molar-refractivity contribution in [1.29, 1.82) is 0 Å². The van der Waals surface area contributed by atoms with Crippen LogP contribution in [0.2, 0.25) is 0 Å². The lowest BCUT2D eigenvalue weighted by molar-refractivity contribution is 0.669. The van der Waals surface area contributed by atoms with Gasteiger partial charge in [0, 0.05) is 44.6 Å². The summed E-state index contributed by atoms with van der Waals surface area (Å²) in [5.41, 5.74) is 15.4. The Balaban J connectivity index is 0.994. The van der Waals surface area contributed by atoms with E-state index in [1.54, 1.807) is 0 Å². The zero-order valence-electron chi connectivity index (χ0n) is 33.4. The summed E-state index contributed by atoms with van der Waals surface area (Å²) in [5.74, 6) is 0. The van der Waals surface area contributed by atoms with Gasteiger partial charge in [-0.3, -0.25) is 0 Å². The lowest BCUT2D eigenvalue weighted by Gasteiger charge is -2.28. The zero-order chi connectivity index (χ0) is 40.5. The SMILES string of the molecule is c1ccc(-c2ccc(N(c3ccc(-c4ccccc4)cc3)c3ccc(-c4ccc(N(c5ccccc5)c5ccc6oc7ccccc7c6c5)cc4)c4ccccc34)cc2)cc1. The summed E-state index contributed by atoms with van der Waals surface area (Å²) in [6.45, 7) is 0. The molecule has 3 nitrogen and oxygen atoms in total. The number of para-hydroxylation sites is 2. The van der Waals surface area contributed by atoms with Crippen LogP contribution in [0.4, 0.5) is 34.1 Å². The van der Waals surface area contributed by atoms with E-state index in [4.69, 9.17) is 4.42 Å². The van der Waals surface area contributed by atoms with Crippen molar-refractivity contribution in [2.75, 3.05) is 9.80 Å². The number of hydrogen-bond donors (Lipinski definition) is 0. The van der Waals surface area contributed by atoms with Gasteiger partial charge in [0.25, 0.3) is 0 Å². The molecule has 1 aromatic heterocycles. The van der Waals surface area contributed by atoms with Crippen LogP contribution in [-0.2, 0) is 0 Å². The Bertz CT molecular complexity index is 3180. The third-order valence-corrected chi connectivity index (χ3v) is 11.7. The molecule has 10 aromatic carbocycles. The molecule has 0 aliphatic heterocycles. The first-order valence-corrected chi connectivity index (χ1v) is 20.7. The van der Waals surface area contributed by atoms with Crippen LogP contribution in [0.25, 0.3) is 66.1 Å². The maximum absolute atomic E-state index is 6.19. The maximum Gasteiger partial charge on any atom is 0.135 e. The van der Waals surface area contributed by atoms with E-state index >= 15 is 0 Å². The molecule has 0 spiro atoms. The molecule has 0 atom stereocenters. The van der Waals surface area contributed by atoms with E-state index in [1.807, 2.05) is 12.1 Å². The van der Waals surface area contributed by atoms with Crippen LogP contribution in [0.5, 0.6) is 0 Å². The topological polar surface area (TPSA) is 19.6 Å². The summed E-state index contributed by atoms with van der Waals surface area (Å²) in [7, 11) is 0. The fourth-order valence-corrected chi connectivity index (χ4v) is 8.69. The number of anilines is 6. The van der Waals surface area contributed by atoms with E-state index in [0.717, 1.165) is 61.6 Å². The fourth-order valence-electron chi connectivity index (χ4n) is 8.69. The predicted molar refractivity (Wildman–Crippen MR) is 257 cm³/mol. The average molecular weight is 781 g/mol. The molecule has 61 heavy (non-hydrogen) atoms. The van der Waals surface area contributed by atoms with E-state index < -0.39 is 0 Å². The van der Waals surface area contributed by atoms with Crippen LogP contribution in [-0.4, -0.2) is 0 Å². The van der Waals surface area contributed by atoms with Crippen LogP contribution in [0, 0.1) is 0 Å². The minimum absolute atomic E-state index is 0.885. The van der Waals surface area contributed by atoms with E-state index in [9.17, 15) is 0 Å². The average Bonchev–Trinajstić information content (AvgIpc) is 3.71. The Morgan fingerprint density at radius 2 is 0.672 bits per heavy atom. The number of rotatable bonds is 9. The Labute approximate surface area is 355 Å². The summed E-state index contributed by atoms with van der Waals surface area (Å²) >= 11 is 0. The minimum atomic E-state index is 0.885. The highest BCUT2D eigenvalue weighted by Crippen LogP contribution is 2.44. The van der Waals surface area contributed by atoms with Crippen molar-refractivity contribution in [3.05, 3.63) is 243 Å². The fraction of sp³-hybridized carbons (Fsp3) is 0. The Morgan fingerprint density at radius 3 is 1.28 bits per heavy atom. The van der Waals surface area contributed by atoms with Gasteiger partial charge in [0.05, 0.1) is 5.69 Å². The molecule has 11 aromatic rings. The molecule has 11 rings (SSSR count). The van der Waals surface area contributed by atoms with Crippen molar-refractivity contribution in [2.24, 2.45) is 0 Å². The monoisotopic (exact) mass is 780 g/mol. The molecule has 0 saturated heterocycles. The lowest BCUT2D eigenvalue weighted by Crippen LogP contribution is -2.10. The van der Waals surface area contributed by atoms with Crippen molar-refractivity contribution < 1.29 is 4.42 Å². The molecule has 1 heterocycles. The van der Waals surface area contributed by atoms with Crippen molar-refractivity contribution >= 4 is 66.8 Å². The largest absolute Gasteiger partial charge is 0.456 e. The number of benzene rings is 10. The second-order valence-electron chi connectivity index (χ2n) is 15.3. The van der Waals surface area contributed by atoms with Gasteiger partial charge < -0.3 is 14.2 Å². The van der Waals surface area contributed by atoms with Gasteiger partial charge in [0.1, 0.15) is 11.2 Å². The van der Waals surface area contributed by atoms with Crippen LogP contribution in [0.3, 0.4) is 0 Å². The smallest absolute Gasteiger partial charge is 0.135 e. The maximum atomic E-state index is 6.19. The Morgan fingerprint density at radius 1 is 0.246 bits per heavy atom. The van der Waals surface area contributed by atoms with Crippen molar-refractivity contribution in [2.45, 2.75) is 0 Å². The lowest BCUT2D eigenvalue weighted by atomic mass is 9.95. The summed E-state index contributed by atoms with van der Waals surface area (Å²) in [4.78, 5) is 4.70. The van der Waals surface area contributed by atoms with Gasteiger partial charge in [-0.1, -0.05) is 164 Å². The number of nitrogens with zero attached hydrogens (tertiary/aromatic N) is 2. The predicted octanol–water partition coefficient (Wildman–Crippen LogP) is 16.7. The quantitative estimate of drug-likeness (QED) is 0.145. The van der Waals surface area contributed by atoms with Crippen LogP contribution >= 0.6 is 0 Å². The second-order valence-corrected chi connectivity index (χ2v) is 15.3. The highest BCUT2D eigenvalue weighted by molar-refractivity contribution is 6.08. The first-order chi connectivity index (χ1) is 30.2. The van der Waals surface area contributed by atoms with E-state index in [1.165, 1.54) is 38.6 Å². The van der Waals surface area contributed by atoms with E-state index in [0.29, 0.717) is 0 Å². The van der Waals surface area contributed by atoms with Gasteiger partial charge in [0.2, 0.25) is 0 Å². The molecule has 0 fully saturated rings. The number of furan rings is 1. The molecule has 288 valence electrons. The normalized spacial score (nSPS) is 11.3. The van der Waals surface area contributed by atoms with Crippen LogP contribution < -0.4 is 9.80 Å². The number of hydrogen-bond acceptors (Lipinski definition) is 3. The minimum Gasteiger partial charge on any atom is -0.456 e. The molecule has 0 amide bonds. The third-order valence-electron chi connectivity index (χ3n) is 11.7. The van der Waals surface area contributed by atoms with Gasteiger partial charge in [0.15, 0.2) is 0 Å². The molecule has 0 aliphatic rings. The molecule has 3 heteroatoms. The summed E-state index contributed by atoms with van der Waals surface area (Å²) in [6.07, 6.45) is 0. The molecule has 0 bridgehead atoms. The van der Waals surface area contributed by atoms with Gasteiger partial charge in [-0.2, -0.15) is 0 Å². The van der Waals surface area contributed by atoms with Crippen LogP contribution in [0.1, 0.15) is 0 Å². The van der Waals surface area contributed by atoms with Gasteiger partial charge in [-0.05, 0) is 118 Å². The Kier molecular flexibility index (Phi) is 9.18. The summed E-state index contributed by atoms with van der Waals surface area (Å²) in [5, 5.41) is 4.59. The first-order valence-electron chi connectivity index (χ1n) is 20.7. The molecule has 0 radical (unpaired) electrons. The second kappa shape index (κ2) is 15.6. The van der Waals surface area contributed by atoms with Crippen molar-refractivity contribution in [1.82, 2.24) is 0 Å². The molecule has 0 N–H and O–H groups in total. The van der Waals surface area contributed by atoms with Crippen molar-refractivity contribution in [3.63, 3.8) is 0 Å². The molecular formula is C58H40N2O. The van der Waals surface area contributed by atoms with Crippen molar-refractivity contribution in [3.8, 4) is 33.4 Å². The molecular weight excluding hydrogens is 741 g/mol. The number of fused-ring (bicyclic) bond motifs is 4. The third kappa shape index (κ3) is 6.78. The highest BCUT2D eigenvalue weighted by atomic mass is 16.3. The molecule has 0 saturated carbocycles. The highest BCUT2D eigenvalue weighted by Gasteiger charge is 2.19. The summed E-state index contributed by atoms with van der Waals surface area (Å²) in [6, 6.07) is 86.6. The zero-order valence-corrected chi connectivity index (χ0v) is 33.4. The van der Waals surface area contributed by atoms with Gasteiger partial charge >= 0.3 is 0 Å². The van der Waals surface area contributed by atoms with Gasteiger partial charge in [-0.25, -0.2) is 0 Å². The summed E-state index contributed by atoms with van der Waals surface area (Å²) < 4.78 is 6.19. The van der Waals surface area contributed by atoms with E-state index in [2.05, 4.69) is 240 Å². The van der Waals surface area contributed by atoms with E-state index in [-0.39, 0.29) is 0 Å². The van der Waals surface area contributed by atoms with Crippen LogP contribution in [0.15, 0.2) is 247 Å².